The Morgan fingerprint density at radius 3 is 2.63 bits per heavy atom. The van der Waals surface area contributed by atoms with Crippen molar-refractivity contribution in [3.05, 3.63) is 28.2 Å². The van der Waals surface area contributed by atoms with E-state index >= 15 is 0 Å². The lowest BCUT2D eigenvalue weighted by molar-refractivity contribution is 0.373. The minimum atomic E-state index is 0.172. The summed E-state index contributed by atoms with van der Waals surface area (Å²) in [7, 11) is 1.46. The minimum absolute atomic E-state index is 0.172. The van der Waals surface area contributed by atoms with Crippen LogP contribution in [0, 0.1) is 0 Å². The molecule has 1 aromatic heterocycles. The molecule has 3 N–H and O–H groups in total. The highest BCUT2D eigenvalue weighted by molar-refractivity contribution is 7.99. The van der Waals surface area contributed by atoms with Crippen molar-refractivity contribution in [3.63, 3.8) is 0 Å². The van der Waals surface area contributed by atoms with Crippen molar-refractivity contribution >= 4 is 40.9 Å². The van der Waals surface area contributed by atoms with Crippen LogP contribution < -0.4 is 16.0 Å². The Labute approximate surface area is 123 Å². The number of nitrogens with zero attached hydrogens (tertiary/aromatic N) is 3. The zero-order chi connectivity index (χ0) is 13.8. The predicted octanol–water partition coefficient (Wildman–Crippen LogP) is 2.62. The Morgan fingerprint density at radius 1 is 1.21 bits per heavy atom. The van der Waals surface area contributed by atoms with Crippen molar-refractivity contribution in [2.45, 2.75) is 10.1 Å². The number of anilines is 1. The van der Waals surface area contributed by atoms with Gasteiger partial charge < -0.3 is 4.74 Å². The average molecular weight is 318 g/mol. The molecular formula is C10H9Cl2N5OS. The van der Waals surface area contributed by atoms with Gasteiger partial charge in [0.05, 0.1) is 17.2 Å². The van der Waals surface area contributed by atoms with E-state index < -0.39 is 0 Å². The van der Waals surface area contributed by atoms with Crippen LogP contribution in [0.4, 0.5) is 5.95 Å². The number of hydrazine groups is 1. The van der Waals surface area contributed by atoms with E-state index in [0.29, 0.717) is 15.2 Å². The second-order valence-electron chi connectivity index (χ2n) is 3.25. The van der Waals surface area contributed by atoms with Gasteiger partial charge in [-0.3, -0.25) is 5.43 Å². The summed E-state index contributed by atoms with van der Waals surface area (Å²) in [6, 6.07) is 5.41. The van der Waals surface area contributed by atoms with Gasteiger partial charge in [0, 0.05) is 4.90 Å². The van der Waals surface area contributed by atoms with E-state index in [0.717, 1.165) is 4.90 Å². The van der Waals surface area contributed by atoms with Gasteiger partial charge in [-0.2, -0.15) is 15.0 Å². The third-order valence-corrected chi connectivity index (χ3v) is 3.60. The third kappa shape index (κ3) is 3.60. The van der Waals surface area contributed by atoms with E-state index in [-0.39, 0.29) is 12.0 Å². The Kier molecular flexibility index (Phi) is 4.65. The second-order valence-corrected chi connectivity index (χ2v) is 5.11. The Balaban J connectivity index is 2.29. The summed E-state index contributed by atoms with van der Waals surface area (Å²) in [6.45, 7) is 0. The SMILES string of the molecule is COc1nc(NN)nc(Sc2ccc(Cl)c(Cl)c2)n1. The highest BCUT2D eigenvalue weighted by Gasteiger charge is 2.08. The Morgan fingerprint density at radius 2 is 2.00 bits per heavy atom. The summed E-state index contributed by atoms with van der Waals surface area (Å²) >= 11 is 13.1. The summed E-state index contributed by atoms with van der Waals surface area (Å²) in [4.78, 5) is 12.9. The lowest BCUT2D eigenvalue weighted by atomic mass is 10.4. The highest BCUT2D eigenvalue weighted by atomic mass is 35.5. The number of ether oxygens (including phenoxy) is 1. The fourth-order valence-electron chi connectivity index (χ4n) is 1.19. The summed E-state index contributed by atoms with van der Waals surface area (Å²) < 4.78 is 4.96. The molecule has 1 aromatic carbocycles. The van der Waals surface area contributed by atoms with Crippen molar-refractivity contribution in [2.75, 3.05) is 12.5 Å². The molecule has 2 aromatic rings. The first-order valence-electron chi connectivity index (χ1n) is 5.02. The number of benzene rings is 1. The number of aromatic nitrogens is 3. The molecule has 0 aliphatic rings. The zero-order valence-corrected chi connectivity index (χ0v) is 12.1. The molecular weight excluding hydrogens is 309 g/mol. The van der Waals surface area contributed by atoms with Gasteiger partial charge in [-0.15, -0.1) is 0 Å². The Hall–Kier alpha value is -1.28. The maximum Gasteiger partial charge on any atom is 0.322 e. The van der Waals surface area contributed by atoms with Crippen molar-refractivity contribution in [1.82, 2.24) is 15.0 Å². The van der Waals surface area contributed by atoms with Gasteiger partial charge in [0.15, 0.2) is 0 Å². The second kappa shape index (κ2) is 6.25. The standard InChI is InChI=1S/C10H9Cl2N5OS/c1-18-9-14-8(17-13)15-10(16-9)19-5-2-3-6(11)7(12)4-5/h2-4H,13H2,1H3,(H,14,15,16,17). The molecule has 0 saturated heterocycles. The quantitative estimate of drug-likeness (QED) is 0.662. The van der Waals surface area contributed by atoms with E-state index in [1.807, 2.05) is 6.07 Å². The van der Waals surface area contributed by atoms with Crippen molar-refractivity contribution in [3.8, 4) is 6.01 Å². The van der Waals surface area contributed by atoms with Gasteiger partial charge in [-0.05, 0) is 30.0 Å². The Bertz CT molecular complexity index is 576. The van der Waals surface area contributed by atoms with E-state index in [4.69, 9.17) is 33.8 Å². The largest absolute Gasteiger partial charge is 0.467 e. The van der Waals surface area contributed by atoms with E-state index in [1.165, 1.54) is 18.9 Å². The zero-order valence-electron chi connectivity index (χ0n) is 9.72. The summed E-state index contributed by atoms with van der Waals surface area (Å²) in [5.74, 6) is 5.49. The molecule has 1 heterocycles. The topological polar surface area (TPSA) is 86.0 Å². The van der Waals surface area contributed by atoms with Gasteiger partial charge in [0.25, 0.3) is 0 Å². The predicted molar refractivity (Wildman–Crippen MR) is 74.8 cm³/mol. The van der Waals surface area contributed by atoms with Crippen LogP contribution >= 0.6 is 35.0 Å². The molecule has 2 rings (SSSR count). The molecule has 19 heavy (non-hydrogen) atoms. The monoisotopic (exact) mass is 317 g/mol. The number of nitrogens with two attached hydrogens (primary N) is 1. The van der Waals surface area contributed by atoms with E-state index in [9.17, 15) is 0 Å². The molecule has 0 aliphatic carbocycles. The summed E-state index contributed by atoms with van der Waals surface area (Å²) in [6.07, 6.45) is 0. The van der Waals surface area contributed by atoms with Crippen LogP contribution in [0.2, 0.25) is 10.0 Å². The maximum atomic E-state index is 5.94. The summed E-state index contributed by atoms with van der Waals surface area (Å²) in [5, 5.41) is 1.38. The molecule has 0 fully saturated rings. The smallest absolute Gasteiger partial charge is 0.322 e. The molecule has 0 amide bonds. The van der Waals surface area contributed by atoms with Gasteiger partial charge in [0.1, 0.15) is 0 Å². The van der Waals surface area contributed by atoms with Crippen LogP contribution in [-0.4, -0.2) is 22.1 Å². The van der Waals surface area contributed by atoms with Crippen LogP contribution in [0.3, 0.4) is 0 Å². The van der Waals surface area contributed by atoms with E-state index in [1.54, 1.807) is 12.1 Å². The van der Waals surface area contributed by atoms with Crippen molar-refractivity contribution < 1.29 is 4.74 Å². The van der Waals surface area contributed by atoms with Gasteiger partial charge in [-0.1, -0.05) is 23.2 Å². The number of nitrogens with one attached hydrogen (secondary N) is 1. The molecule has 100 valence electrons. The number of methoxy groups -OCH3 is 1. The fourth-order valence-corrected chi connectivity index (χ4v) is 2.33. The van der Waals surface area contributed by atoms with E-state index in [2.05, 4.69) is 20.4 Å². The molecule has 0 unspecified atom stereocenters. The molecule has 9 heteroatoms. The molecule has 0 atom stereocenters. The van der Waals surface area contributed by atoms with Crippen LogP contribution in [0.15, 0.2) is 28.3 Å². The number of nitrogen functional groups attached to an aromatic ring is 1. The van der Waals surface area contributed by atoms with Crippen molar-refractivity contribution in [1.29, 1.82) is 0 Å². The number of rotatable bonds is 4. The van der Waals surface area contributed by atoms with Crippen LogP contribution in [0.5, 0.6) is 6.01 Å². The lowest BCUT2D eigenvalue weighted by Crippen LogP contribution is -2.12. The number of hydrogen-bond donors (Lipinski definition) is 2. The lowest BCUT2D eigenvalue weighted by Gasteiger charge is -2.05. The molecule has 0 saturated carbocycles. The average Bonchev–Trinajstić information content (AvgIpc) is 2.42. The van der Waals surface area contributed by atoms with Gasteiger partial charge in [0.2, 0.25) is 11.1 Å². The normalized spacial score (nSPS) is 10.3. The maximum absolute atomic E-state index is 5.94. The molecule has 0 aliphatic heterocycles. The highest BCUT2D eigenvalue weighted by Crippen LogP contribution is 2.31. The first-order chi connectivity index (χ1) is 9.12. The van der Waals surface area contributed by atoms with Crippen LogP contribution in [-0.2, 0) is 0 Å². The minimum Gasteiger partial charge on any atom is -0.467 e. The number of hydrogen-bond acceptors (Lipinski definition) is 7. The first-order valence-corrected chi connectivity index (χ1v) is 6.59. The molecule has 6 nitrogen and oxygen atoms in total. The molecule has 0 spiro atoms. The van der Waals surface area contributed by atoms with Crippen LogP contribution in [0.25, 0.3) is 0 Å². The van der Waals surface area contributed by atoms with Gasteiger partial charge in [-0.25, -0.2) is 5.84 Å². The molecule has 0 bridgehead atoms. The molecule has 0 radical (unpaired) electrons. The first kappa shape index (κ1) is 14.1. The van der Waals surface area contributed by atoms with Crippen molar-refractivity contribution in [2.24, 2.45) is 5.84 Å². The van der Waals surface area contributed by atoms with Gasteiger partial charge >= 0.3 is 6.01 Å². The third-order valence-electron chi connectivity index (χ3n) is 2.01. The number of halogens is 2. The summed E-state index contributed by atoms with van der Waals surface area (Å²) in [5.41, 5.74) is 2.35. The fraction of sp³-hybridized carbons (Fsp3) is 0.100. The van der Waals surface area contributed by atoms with Crippen LogP contribution in [0.1, 0.15) is 0 Å².